The molecule has 0 bridgehead atoms. The zero-order chi connectivity index (χ0) is 12.8. The van der Waals surface area contributed by atoms with Gasteiger partial charge < -0.3 is 15.0 Å². The first-order valence-corrected chi connectivity index (χ1v) is 7.20. The summed E-state index contributed by atoms with van der Waals surface area (Å²) in [5, 5.41) is 3.38. The molecule has 1 atom stereocenters. The highest BCUT2D eigenvalue weighted by atomic mass is 16.5. The van der Waals surface area contributed by atoms with Gasteiger partial charge in [-0.25, -0.2) is 0 Å². The van der Waals surface area contributed by atoms with Crippen LogP contribution in [0, 0.1) is 0 Å². The highest BCUT2D eigenvalue weighted by Gasteiger charge is 2.29. The fourth-order valence-corrected chi connectivity index (χ4v) is 2.75. The molecule has 2 aliphatic rings. The molecule has 1 unspecified atom stereocenters. The molecule has 0 spiro atoms. The molecule has 5 nitrogen and oxygen atoms in total. The molecule has 0 radical (unpaired) electrons. The van der Waals surface area contributed by atoms with Crippen molar-refractivity contribution in [3.63, 3.8) is 0 Å². The number of hydrogen-bond donors (Lipinski definition) is 1. The van der Waals surface area contributed by atoms with Crippen LogP contribution in [0.5, 0.6) is 0 Å². The summed E-state index contributed by atoms with van der Waals surface area (Å²) < 4.78 is 5.42. The van der Waals surface area contributed by atoms with Crippen LogP contribution >= 0.6 is 0 Å². The van der Waals surface area contributed by atoms with Crippen LogP contribution in [0.25, 0.3) is 0 Å². The number of aliphatic imine (C=N–C) groups is 1. The van der Waals surface area contributed by atoms with Gasteiger partial charge >= 0.3 is 0 Å². The topological polar surface area (TPSA) is 40.1 Å². The van der Waals surface area contributed by atoms with Gasteiger partial charge in [-0.3, -0.25) is 9.89 Å². The van der Waals surface area contributed by atoms with Crippen LogP contribution in [-0.4, -0.2) is 74.3 Å². The van der Waals surface area contributed by atoms with E-state index in [1.807, 2.05) is 0 Å². The minimum absolute atomic E-state index is 0.676. The van der Waals surface area contributed by atoms with E-state index in [1.54, 1.807) is 0 Å². The maximum atomic E-state index is 5.42. The van der Waals surface area contributed by atoms with E-state index in [2.05, 4.69) is 34.0 Å². The van der Waals surface area contributed by atoms with Crippen molar-refractivity contribution in [2.24, 2.45) is 4.99 Å². The van der Waals surface area contributed by atoms with Crippen molar-refractivity contribution in [2.45, 2.75) is 26.3 Å². The smallest absolute Gasteiger partial charge is 0.193 e. The van der Waals surface area contributed by atoms with Crippen LogP contribution < -0.4 is 5.32 Å². The number of nitrogens with one attached hydrogen (secondary N) is 1. The van der Waals surface area contributed by atoms with E-state index in [4.69, 9.17) is 4.74 Å². The fraction of sp³-hybridized carbons (Fsp3) is 0.923. The molecule has 0 aromatic rings. The summed E-state index contributed by atoms with van der Waals surface area (Å²) in [5.41, 5.74) is 0. The Morgan fingerprint density at radius 2 is 2.06 bits per heavy atom. The normalized spacial score (nSPS) is 26.7. The van der Waals surface area contributed by atoms with E-state index in [-0.39, 0.29) is 0 Å². The SMILES string of the molecule is CCN=C(NCC)N1CCC(N2CCOCC2)C1. The maximum Gasteiger partial charge on any atom is 0.193 e. The van der Waals surface area contributed by atoms with Crippen molar-refractivity contribution in [3.05, 3.63) is 0 Å². The fourth-order valence-electron chi connectivity index (χ4n) is 2.75. The second-order valence-corrected chi connectivity index (χ2v) is 4.87. The predicted octanol–water partition coefficient (Wildman–Crippen LogP) is 0.378. The second-order valence-electron chi connectivity index (χ2n) is 4.87. The molecule has 2 fully saturated rings. The molecule has 0 saturated carbocycles. The second kappa shape index (κ2) is 6.95. The molecule has 18 heavy (non-hydrogen) atoms. The summed E-state index contributed by atoms with van der Waals surface area (Å²) in [4.78, 5) is 9.53. The van der Waals surface area contributed by atoms with Crippen molar-refractivity contribution in [3.8, 4) is 0 Å². The molecular formula is C13H26N4O. The van der Waals surface area contributed by atoms with E-state index in [1.165, 1.54) is 6.42 Å². The van der Waals surface area contributed by atoms with Gasteiger partial charge in [0.25, 0.3) is 0 Å². The molecule has 2 saturated heterocycles. The number of guanidine groups is 1. The number of rotatable bonds is 3. The summed E-state index contributed by atoms with van der Waals surface area (Å²) >= 11 is 0. The molecule has 1 N–H and O–H groups in total. The quantitative estimate of drug-likeness (QED) is 0.584. The predicted molar refractivity (Wildman–Crippen MR) is 74.0 cm³/mol. The first kappa shape index (κ1) is 13.6. The third-order valence-electron chi connectivity index (χ3n) is 3.67. The van der Waals surface area contributed by atoms with E-state index in [0.717, 1.165) is 58.4 Å². The van der Waals surface area contributed by atoms with Crippen LogP contribution in [0.15, 0.2) is 4.99 Å². The Labute approximate surface area is 110 Å². The van der Waals surface area contributed by atoms with Gasteiger partial charge in [0, 0.05) is 45.3 Å². The Kier molecular flexibility index (Phi) is 5.26. The molecule has 2 heterocycles. The van der Waals surface area contributed by atoms with Crippen molar-refractivity contribution in [2.75, 3.05) is 52.5 Å². The molecule has 0 amide bonds. The largest absolute Gasteiger partial charge is 0.379 e. The van der Waals surface area contributed by atoms with Gasteiger partial charge in [-0.1, -0.05) is 0 Å². The highest BCUT2D eigenvalue weighted by Crippen LogP contribution is 2.16. The van der Waals surface area contributed by atoms with Gasteiger partial charge in [0.2, 0.25) is 0 Å². The van der Waals surface area contributed by atoms with E-state index in [9.17, 15) is 0 Å². The Balaban J connectivity index is 1.87. The molecule has 104 valence electrons. The van der Waals surface area contributed by atoms with Gasteiger partial charge in [-0.15, -0.1) is 0 Å². The highest BCUT2D eigenvalue weighted by molar-refractivity contribution is 5.80. The van der Waals surface area contributed by atoms with Crippen LogP contribution in [0.4, 0.5) is 0 Å². The molecule has 5 heteroatoms. The van der Waals surface area contributed by atoms with Gasteiger partial charge in [0.05, 0.1) is 13.2 Å². The number of hydrogen-bond acceptors (Lipinski definition) is 3. The van der Waals surface area contributed by atoms with Gasteiger partial charge in [0.15, 0.2) is 5.96 Å². The zero-order valence-electron chi connectivity index (χ0n) is 11.7. The summed E-state index contributed by atoms with van der Waals surface area (Å²) in [6, 6.07) is 0.676. The van der Waals surface area contributed by atoms with Crippen LogP contribution in [0.3, 0.4) is 0 Å². The number of nitrogens with zero attached hydrogens (tertiary/aromatic N) is 3. The summed E-state index contributed by atoms with van der Waals surface area (Å²) in [6.07, 6.45) is 1.24. The van der Waals surface area contributed by atoms with Crippen molar-refractivity contribution in [1.82, 2.24) is 15.1 Å². The molecular weight excluding hydrogens is 228 g/mol. The number of morpholine rings is 1. The Morgan fingerprint density at radius 3 is 2.72 bits per heavy atom. The monoisotopic (exact) mass is 254 g/mol. The van der Waals surface area contributed by atoms with Gasteiger partial charge in [0.1, 0.15) is 0 Å². The molecule has 0 aliphatic carbocycles. The molecule has 2 rings (SSSR count). The van der Waals surface area contributed by atoms with E-state index < -0.39 is 0 Å². The van der Waals surface area contributed by atoms with Crippen LogP contribution in [0.1, 0.15) is 20.3 Å². The van der Waals surface area contributed by atoms with E-state index >= 15 is 0 Å². The minimum Gasteiger partial charge on any atom is -0.379 e. The maximum absolute atomic E-state index is 5.42. The molecule has 0 aromatic heterocycles. The Morgan fingerprint density at radius 1 is 1.28 bits per heavy atom. The lowest BCUT2D eigenvalue weighted by Gasteiger charge is -2.32. The van der Waals surface area contributed by atoms with Crippen molar-refractivity contribution < 1.29 is 4.74 Å². The third kappa shape index (κ3) is 3.36. The van der Waals surface area contributed by atoms with Crippen LogP contribution in [-0.2, 0) is 4.74 Å². The van der Waals surface area contributed by atoms with Crippen LogP contribution in [0.2, 0.25) is 0 Å². The lowest BCUT2D eigenvalue weighted by Crippen LogP contribution is -2.46. The standard InChI is InChI=1S/C13H26N4O/c1-3-14-13(15-4-2)17-6-5-12(11-17)16-7-9-18-10-8-16/h12H,3-11H2,1-2H3,(H,14,15). The van der Waals surface area contributed by atoms with E-state index in [0.29, 0.717) is 6.04 Å². The third-order valence-corrected chi connectivity index (χ3v) is 3.67. The molecule has 2 aliphatic heterocycles. The number of likely N-dealkylation sites (tertiary alicyclic amines) is 1. The average Bonchev–Trinajstić information content (AvgIpc) is 2.89. The van der Waals surface area contributed by atoms with Crippen molar-refractivity contribution >= 4 is 5.96 Å². The lowest BCUT2D eigenvalue weighted by molar-refractivity contribution is 0.0195. The first-order valence-electron chi connectivity index (χ1n) is 7.20. The number of ether oxygens (including phenoxy) is 1. The average molecular weight is 254 g/mol. The minimum atomic E-state index is 0.676. The first-order chi connectivity index (χ1) is 8.85. The Bertz CT molecular complexity index is 276. The Hall–Kier alpha value is -0.810. The van der Waals surface area contributed by atoms with Crippen molar-refractivity contribution in [1.29, 1.82) is 0 Å². The zero-order valence-corrected chi connectivity index (χ0v) is 11.7. The van der Waals surface area contributed by atoms with Gasteiger partial charge in [-0.05, 0) is 20.3 Å². The summed E-state index contributed by atoms with van der Waals surface area (Å²) in [5.74, 6) is 1.08. The van der Waals surface area contributed by atoms with Gasteiger partial charge in [-0.2, -0.15) is 0 Å². The summed E-state index contributed by atoms with van der Waals surface area (Å²) in [7, 11) is 0. The molecule has 0 aromatic carbocycles. The summed E-state index contributed by atoms with van der Waals surface area (Å²) in [6.45, 7) is 12.2. The lowest BCUT2D eigenvalue weighted by atomic mass is 10.2.